The number of nitrogens with one attached hydrogen (secondary N) is 1. The van der Waals surface area contributed by atoms with Crippen molar-refractivity contribution in [3.8, 4) is 5.75 Å². The number of nitrogens with zero attached hydrogens (tertiary/aromatic N) is 1. The van der Waals surface area contributed by atoms with Gasteiger partial charge >= 0.3 is 0 Å². The molecule has 0 spiro atoms. The Morgan fingerprint density at radius 2 is 1.92 bits per heavy atom. The Labute approximate surface area is 157 Å². The van der Waals surface area contributed by atoms with Gasteiger partial charge in [-0.05, 0) is 37.5 Å². The number of hydrogen-bond donors (Lipinski definition) is 1. The second kappa shape index (κ2) is 6.95. The topological polar surface area (TPSA) is 75.7 Å². The molecule has 1 aromatic rings. The standard InChI is InChI=1S/C16H20Cl2N2O4S/c1-24-13-6-5-11(19-15(21)12-10-16(12,17)18)9-14(13)25(22,23)20-7-3-2-4-8-20/h5-6,9,12H,2-4,7-8,10H2,1H3,(H,19,21)/t12-/m1/s1. The lowest BCUT2D eigenvalue weighted by atomic mass is 10.2. The highest BCUT2D eigenvalue weighted by Gasteiger charge is 2.56. The van der Waals surface area contributed by atoms with Crippen molar-refractivity contribution in [3.05, 3.63) is 18.2 Å². The molecule has 1 amide bonds. The Bertz CT molecular complexity index is 776. The minimum Gasteiger partial charge on any atom is -0.495 e. The minimum absolute atomic E-state index is 0.0495. The molecular weight excluding hydrogens is 387 g/mol. The van der Waals surface area contributed by atoms with Crippen LogP contribution < -0.4 is 10.1 Å². The van der Waals surface area contributed by atoms with E-state index in [2.05, 4.69) is 5.32 Å². The number of ether oxygens (including phenoxy) is 1. The van der Waals surface area contributed by atoms with E-state index in [1.54, 1.807) is 6.07 Å². The maximum absolute atomic E-state index is 12.9. The fourth-order valence-corrected chi connectivity index (χ4v) is 5.13. The summed E-state index contributed by atoms with van der Waals surface area (Å²) in [4.78, 5) is 12.2. The Morgan fingerprint density at radius 3 is 2.48 bits per heavy atom. The molecule has 1 atom stereocenters. The predicted molar refractivity (Wildman–Crippen MR) is 96.8 cm³/mol. The van der Waals surface area contributed by atoms with Gasteiger partial charge in [-0.3, -0.25) is 4.79 Å². The minimum atomic E-state index is -3.69. The molecule has 0 unspecified atom stereocenters. The van der Waals surface area contributed by atoms with Crippen LogP contribution in [0.2, 0.25) is 0 Å². The van der Waals surface area contributed by atoms with E-state index in [1.807, 2.05) is 0 Å². The number of hydrogen-bond acceptors (Lipinski definition) is 4. The van der Waals surface area contributed by atoms with Gasteiger partial charge in [0.2, 0.25) is 15.9 Å². The number of carbonyl (C=O) groups is 1. The van der Waals surface area contributed by atoms with Crippen molar-refractivity contribution in [3.63, 3.8) is 0 Å². The fraction of sp³-hybridized carbons (Fsp3) is 0.562. The summed E-state index contributed by atoms with van der Waals surface area (Å²) in [6.45, 7) is 0.982. The van der Waals surface area contributed by atoms with Crippen molar-refractivity contribution < 1.29 is 17.9 Å². The molecule has 2 aliphatic rings. The molecule has 1 saturated heterocycles. The average Bonchev–Trinajstić information content (AvgIpc) is 3.24. The summed E-state index contributed by atoms with van der Waals surface area (Å²) in [6, 6.07) is 4.56. The molecule has 3 rings (SSSR count). The van der Waals surface area contributed by atoms with Crippen LogP contribution in [0.1, 0.15) is 25.7 Å². The molecule has 0 bridgehead atoms. The first kappa shape index (κ1) is 18.8. The molecule has 1 N–H and O–H groups in total. The number of anilines is 1. The van der Waals surface area contributed by atoms with E-state index in [0.29, 0.717) is 25.2 Å². The maximum Gasteiger partial charge on any atom is 0.246 e. The van der Waals surface area contributed by atoms with E-state index in [0.717, 1.165) is 19.3 Å². The molecule has 25 heavy (non-hydrogen) atoms. The van der Waals surface area contributed by atoms with Crippen LogP contribution >= 0.6 is 23.2 Å². The van der Waals surface area contributed by atoms with Gasteiger partial charge in [-0.1, -0.05) is 6.42 Å². The molecule has 2 fully saturated rings. The molecule has 1 saturated carbocycles. The highest BCUT2D eigenvalue weighted by Crippen LogP contribution is 2.53. The van der Waals surface area contributed by atoms with Gasteiger partial charge in [0.25, 0.3) is 0 Å². The average molecular weight is 407 g/mol. The fourth-order valence-electron chi connectivity index (χ4n) is 2.93. The number of piperidine rings is 1. The third-order valence-corrected chi connectivity index (χ3v) is 7.26. The summed E-state index contributed by atoms with van der Waals surface area (Å²) in [6.07, 6.45) is 3.09. The van der Waals surface area contributed by atoms with Crippen LogP contribution in [-0.2, 0) is 14.8 Å². The van der Waals surface area contributed by atoms with Crippen LogP contribution in [0.4, 0.5) is 5.69 Å². The quantitative estimate of drug-likeness (QED) is 0.762. The summed E-state index contributed by atoms with van der Waals surface area (Å²) >= 11 is 11.8. The number of halogens is 2. The molecule has 9 heteroatoms. The normalized spacial score (nSPS) is 23.1. The maximum atomic E-state index is 12.9. The molecule has 1 heterocycles. The summed E-state index contributed by atoms with van der Waals surface area (Å²) in [5, 5.41) is 2.68. The van der Waals surface area contributed by atoms with Crippen LogP contribution in [-0.4, -0.2) is 43.2 Å². The van der Waals surface area contributed by atoms with Crippen LogP contribution in [0.3, 0.4) is 0 Å². The summed E-state index contributed by atoms with van der Waals surface area (Å²) in [5.74, 6) is -0.560. The monoisotopic (exact) mass is 406 g/mol. The molecule has 0 aromatic heterocycles. The summed E-state index contributed by atoms with van der Waals surface area (Å²) < 4.78 is 31.5. The zero-order valence-electron chi connectivity index (χ0n) is 13.8. The van der Waals surface area contributed by atoms with Crippen LogP contribution in [0.15, 0.2) is 23.1 Å². The highest BCUT2D eigenvalue weighted by atomic mass is 35.5. The molecule has 1 aliphatic heterocycles. The number of carbonyl (C=O) groups excluding carboxylic acids is 1. The Morgan fingerprint density at radius 1 is 1.28 bits per heavy atom. The van der Waals surface area contributed by atoms with Crippen LogP contribution in [0, 0.1) is 5.92 Å². The molecule has 0 radical (unpaired) electrons. The number of sulfonamides is 1. The van der Waals surface area contributed by atoms with Crippen molar-refractivity contribution in [2.75, 3.05) is 25.5 Å². The SMILES string of the molecule is COc1ccc(NC(=O)[C@H]2CC2(Cl)Cl)cc1S(=O)(=O)N1CCCCC1. The third-order valence-electron chi connectivity index (χ3n) is 4.51. The van der Waals surface area contributed by atoms with Gasteiger partial charge in [-0.2, -0.15) is 4.31 Å². The number of alkyl halides is 2. The smallest absolute Gasteiger partial charge is 0.246 e. The van der Waals surface area contributed by atoms with Crippen LogP contribution in [0.25, 0.3) is 0 Å². The van der Waals surface area contributed by atoms with E-state index >= 15 is 0 Å². The molecule has 138 valence electrons. The second-order valence-corrected chi connectivity index (χ2v) is 9.79. The number of rotatable bonds is 5. The van der Waals surface area contributed by atoms with Gasteiger partial charge in [0.05, 0.1) is 13.0 Å². The van der Waals surface area contributed by atoms with Crippen molar-refractivity contribution in [2.24, 2.45) is 5.92 Å². The largest absolute Gasteiger partial charge is 0.495 e. The zero-order valence-corrected chi connectivity index (χ0v) is 16.1. The first-order valence-corrected chi connectivity index (χ1v) is 10.3. The molecule has 1 aromatic carbocycles. The van der Waals surface area contributed by atoms with E-state index < -0.39 is 20.3 Å². The Balaban J connectivity index is 1.86. The van der Waals surface area contributed by atoms with Crippen molar-refractivity contribution >= 4 is 44.8 Å². The van der Waals surface area contributed by atoms with Gasteiger partial charge in [-0.15, -0.1) is 23.2 Å². The van der Waals surface area contributed by atoms with E-state index in [-0.39, 0.29) is 16.6 Å². The van der Waals surface area contributed by atoms with Crippen molar-refractivity contribution in [1.29, 1.82) is 0 Å². The Hall–Kier alpha value is -1.02. The third kappa shape index (κ3) is 3.89. The van der Waals surface area contributed by atoms with Crippen molar-refractivity contribution in [2.45, 2.75) is 34.9 Å². The van der Waals surface area contributed by atoms with Crippen LogP contribution in [0.5, 0.6) is 5.75 Å². The van der Waals surface area contributed by atoms with E-state index in [4.69, 9.17) is 27.9 Å². The van der Waals surface area contributed by atoms with Gasteiger partial charge in [-0.25, -0.2) is 8.42 Å². The van der Waals surface area contributed by atoms with Gasteiger partial charge in [0.1, 0.15) is 15.0 Å². The predicted octanol–water partition coefficient (Wildman–Crippen LogP) is 3.00. The van der Waals surface area contributed by atoms with Gasteiger partial charge < -0.3 is 10.1 Å². The lowest BCUT2D eigenvalue weighted by Gasteiger charge is -2.26. The van der Waals surface area contributed by atoms with E-state index in [9.17, 15) is 13.2 Å². The van der Waals surface area contributed by atoms with E-state index in [1.165, 1.54) is 23.5 Å². The first-order chi connectivity index (χ1) is 11.8. The molecule has 6 nitrogen and oxygen atoms in total. The van der Waals surface area contributed by atoms with Gasteiger partial charge in [0, 0.05) is 18.8 Å². The Kier molecular flexibility index (Phi) is 5.21. The van der Waals surface area contributed by atoms with Gasteiger partial charge in [0.15, 0.2) is 0 Å². The van der Waals surface area contributed by atoms with Crippen molar-refractivity contribution in [1.82, 2.24) is 4.31 Å². The summed E-state index contributed by atoms with van der Waals surface area (Å²) in [7, 11) is -2.27. The number of methoxy groups -OCH3 is 1. The molecular formula is C16H20Cl2N2O4S. The molecule has 1 aliphatic carbocycles. The lowest BCUT2D eigenvalue weighted by molar-refractivity contribution is -0.117. The highest BCUT2D eigenvalue weighted by molar-refractivity contribution is 7.89. The zero-order chi connectivity index (χ0) is 18.2. The number of amides is 1. The lowest BCUT2D eigenvalue weighted by Crippen LogP contribution is -2.35. The summed E-state index contributed by atoms with van der Waals surface area (Å²) in [5.41, 5.74) is 0.373. The first-order valence-electron chi connectivity index (χ1n) is 8.12. The number of benzene rings is 1. The second-order valence-electron chi connectivity index (χ2n) is 6.34.